The lowest BCUT2D eigenvalue weighted by atomic mass is 10.0. The monoisotopic (exact) mass is 551 g/mol. The lowest BCUT2D eigenvalue weighted by Crippen LogP contribution is -2.37. The van der Waals surface area contributed by atoms with E-state index in [9.17, 15) is 24.3 Å². The Morgan fingerprint density at radius 1 is 1.18 bits per heavy atom. The minimum atomic E-state index is -2.23. The number of nitrogens with one attached hydrogen (secondary N) is 2. The molecule has 3 amide bonds. The molecule has 0 saturated heterocycles. The van der Waals surface area contributed by atoms with Gasteiger partial charge in [-0.2, -0.15) is 0 Å². The predicted octanol–water partition coefficient (Wildman–Crippen LogP) is 4.17. The number of nitrogens with zero attached hydrogens (tertiary/aromatic N) is 3. The molecule has 10 nitrogen and oxygen atoms in total. The van der Waals surface area contributed by atoms with Gasteiger partial charge in [-0.3, -0.25) is 14.4 Å². The van der Waals surface area contributed by atoms with Gasteiger partial charge in [-0.25, -0.2) is 4.79 Å². The summed E-state index contributed by atoms with van der Waals surface area (Å²) in [5, 5.41) is 12.9. The molecule has 2 aromatic heterocycles. The van der Waals surface area contributed by atoms with Gasteiger partial charge in [0.2, 0.25) is 11.8 Å². The molecule has 1 unspecified atom stereocenters. The highest BCUT2D eigenvalue weighted by Gasteiger charge is 2.23. The number of amides is 3. The number of benzene rings is 1. The van der Waals surface area contributed by atoms with Gasteiger partial charge in [0.05, 0.1) is 12.5 Å². The lowest BCUT2D eigenvalue weighted by Gasteiger charge is -2.21. The Morgan fingerprint density at radius 2 is 1.93 bits per heavy atom. The second kappa shape index (κ2) is 13.6. The number of rotatable bonds is 12. The molecule has 3 aromatic rings. The molecule has 0 fully saturated rings. The van der Waals surface area contributed by atoms with E-state index in [1.165, 1.54) is 40.3 Å². The van der Waals surface area contributed by atoms with Crippen molar-refractivity contribution < 1.29 is 22.2 Å². The highest BCUT2D eigenvalue weighted by molar-refractivity contribution is 5.92. The Hall–Kier alpha value is -4.34. The molecule has 0 spiro atoms. The van der Waals surface area contributed by atoms with E-state index in [-0.39, 0.29) is 24.6 Å². The molecule has 0 aliphatic carbocycles. The summed E-state index contributed by atoms with van der Waals surface area (Å²) in [5.74, 6) is -2.20. The molecule has 10 heteroatoms. The molecule has 0 bridgehead atoms. The first-order valence-electron chi connectivity index (χ1n) is 14.1. The number of para-hydroxylation sites is 1. The second-order valence-electron chi connectivity index (χ2n) is 10.4. The van der Waals surface area contributed by atoms with Crippen molar-refractivity contribution in [1.29, 1.82) is 0 Å². The number of hydrogen-bond acceptors (Lipinski definition) is 4. The molecule has 214 valence electrons. The summed E-state index contributed by atoms with van der Waals surface area (Å²) in [4.78, 5) is 55.6. The third-order valence-electron chi connectivity index (χ3n) is 6.33. The normalized spacial score (nSPS) is 13.2. The summed E-state index contributed by atoms with van der Waals surface area (Å²) in [6.07, 6.45) is 1.12. The molecule has 3 N–H and O–H groups in total. The van der Waals surface area contributed by atoms with Crippen molar-refractivity contribution in [3.05, 3.63) is 76.4 Å². The number of H-pyrrole nitrogens is 1. The predicted molar refractivity (Wildman–Crippen MR) is 156 cm³/mol. The van der Waals surface area contributed by atoms with E-state index >= 15 is 0 Å². The molecule has 2 heterocycles. The van der Waals surface area contributed by atoms with Gasteiger partial charge in [0.1, 0.15) is 5.69 Å². The topological polar surface area (TPSA) is 128 Å². The Morgan fingerprint density at radius 3 is 2.60 bits per heavy atom. The summed E-state index contributed by atoms with van der Waals surface area (Å²) < 4.78 is 18.5. The zero-order valence-electron chi connectivity index (χ0n) is 25.6. The summed E-state index contributed by atoms with van der Waals surface area (Å²) in [6, 6.07) is 11.1. The molecule has 0 saturated carbocycles. The maximum Gasteiger partial charge on any atom is 0.407 e. The minimum Gasteiger partial charge on any atom is -0.465 e. The van der Waals surface area contributed by atoms with Crippen molar-refractivity contribution in [3.8, 4) is 0 Å². The summed E-state index contributed by atoms with van der Waals surface area (Å²) in [7, 11) is 4.33. The number of likely N-dealkylation sites (N-methyl/N-ethyl adjacent to an activating group) is 1. The zero-order valence-corrected chi connectivity index (χ0v) is 23.6. The van der Waals surface area contributed by atoms with E-state index < -0.39 is 36.4 Å². The number of aromatic nitrogens is 2. The number of carboxylic acid groups (broad SMARTS) is 1. The highest BCUT2D eigenvalue weighted by Crippen LogP contribution is 2.22. The molecule has 3 rings (SSSR count). The SMILES string of the molecule is [2H]C([2H])(C/C=C/C(=O)N(C)C)C(CN(C)C(=O)O)C(=O)Nc1cccn(Cc2cc3cccc(CC(C)C)c3[nH]2)c1=O. The quantitative estimate of drug-likeness (QED) is 0.291. The second-order valence-corrected chi connectivity index (χ2v) is 10.4. The van der Waals surface area contributed by atoms with Crippen molar-refractivity contribution in [1.82, 2.24) is 19.4 Å². The van der Waals surface area contributed by atoms with E-state index in [1.54, 1.807) is 26.4 Å². The zero-order chi connectivity index (χ0) is 31.2. The average Bonchev–Trinajstić information content (AvgIpc) is 3.32. The largest absolute Gasteiger partial charge is 0.465 e. The van der Waals surface area contributed by atoms with E-state index in [2.05, 4.69) is 30.2 Å². The third-order valence-corrected chi connectivity index (χ3v) is 6.33. The number of allylic oxidation sites excluding steroid dienone is 1. The standard InChI is InChI=1S/C30H39N5O5/c1-20(2)16-21-11-8-12-22-17-24(31-27(21)22)19-35-15-9-13-25(29(35)38)32-28(37)23(18-34(5)30(39)40)10-6-7-14-26(36)33(3)4/h7-9,11-15,17,20,23,31H,6,10,16,18-19H2,1-5H3,(H,32,37)(H,39,40)/b14-7+/i10D2. The van der Waals surface area contributed by atoms with Crippen LogP contribution in [0, 0.1) is 11.8 Å². The van der Waals surface area contributed by atoms with Gasteiger partial charge in [-0.05, 0) is 60.4 Å². The fourth-order valence-electron chi connectivity index (χ4n) is 4.24. The molecular formula is C30H39N5O5. The van der Waals surface area contributed by atoms with Crippen LogP contribution in [0.1, 0.15) is 40.6 Å². The van der Waals surface area contributed by atoms with Crippen LogP contribution < -0.4 is 10.9 Å². The van der Waals surface area contributed by atoms with Crippen LogP contribution in [0.25, 0.3) is 10.9 Å². The first-order valence-corrected chi connectivity index (χ1v) is 13.1. The van der Waals surface area contributed by atoms with Gasteiger partial charge in [0.25, 0.3) is 5.56 Å². The Bertz CT molecular complexity index is 1530. The minimum absolute atomic E-state index is 0.0591. The molecule has 1 atom stereocenters. The van der Waals surface area contributed by atoms with Crippen LogP contribution in [0.5, 0.6) is 0 Å². The molecule has 0 aliphatic rings. The number of hydrogen-bond donors (Lipinski definition) is 3. The molecule has 1 aromatic carbocycles. The first-order chi connectivity index (χ1) is 19.7. The number of carbonyl (C=O) groups excluding carboxylic acids is 2. The first kappa shape index (κ1) is 27.2. The third kappa shape index (κ3) is 8.08. The van der Waals surface area contributed by atoms with Crippen LogP contribution in [0.3, 0.4) is 0 Å². The molecule has 0 aliphatic heterocycles. The van der Waals surface area contributed by atoms with Crippen molar-refractivity contribution in [2.75, 3.05) is 33.0 Å². The number of carbonyl (C=O) groups is 3. The lowest BCUT2D eigenvalue weighted by molar-refractivity contribution is -0.123. The summed E-state index contributed by atoms with van der Waals surface area (Å²) >= 11 is 0. The van der Waals surface area contributed by atoms with Gasteiger partial charge in [0, 0.05) is 47.8 Å². The Balaban J connectivity index is 1.85. The smallest absolute Gasteiger partial charge is 0.407 e. The van der Waals surface area contributed by atoms with Crippen molar-refractivity contribution >= 4 is 34.5 Å². The van der Waals surface area contributed by atoms with E-state index in [0.717, 1.165) is 27.9 Å². The fourth-order valence-corrected chi connectivity index (χ4v) is 4.24. The molecule has 0 radical (unpaired) electrons. The average molecular weight is 552 g/mol. The van der Waals surface area contributed by atoms with Crippen LogP contribution in [0.4, 0.5) is 10.5 Å². The number of aromatic amines is 1. The van der Waals surface area contributed by atoms with Gasteiger partial charge in [0.15, 0.2) is 0 Å². The highest BCUT2D eigenvalue weighted by atomic mass is 16.4. The summed E-state index contributed by atoms with van der Waals surface area (Å²) in [6.45, 7) is 4.06. The molecule has 40 heavy (non-hydrogen) atoms. The van der Waals surface area contributed by atoms with Gasteiger partial charge in [-0.15, -0.1) is 0 Å². The van der Waals surface area contributed by atoms with E-state index in [1.807, 2.05) is 18.2 Å². The van der Waals surface area contributed by atoms with Gasteiger partial charge in [-0.1, -0.05) is 38.1 Å². The summed E-state index contributed by atoms with van der Waals surface area (Å²) in [5.41, 5.74) is 2.47. The maximum absolute atomic E-state index is 13.4. The van der Waals surface area contributed by atoms with Crippen molar-refractivity contribution in [2.45, 2.75) is 39.6 Å². The molecular weight excluding hydrogens is 510 g/mol. The van der Waals surface area contributed by atoms with Crippen molar-refractivity contribution in [3.63, 3.8) is 0 Å². The van der Waals surface area contributed by atoms with Crippen LogP contribution in [0.2, 0.25) is 0 Å². The Labute approximate surface area is 237 Å². The van der Waals surface area contributed by atoms with Gasteiger partial charge >= 0.3 is 6.09 Å². The number of pyridine rings is 1. The van der Waals surface area contributed by atoms with E-state index in [4.69, 9.17) is 2.74 Å². The fraction of sp³-hybridized carbons (Fsp3) is 0.400. The Kier molecular flexibility index (Phi) is 9.29. The number of anilines is 1. The van der Waals surface area contributed by atoms with Crippen LogP contribution in [-0.2, 0) is 22.6 Å². The van der Waals surface area contributed by atoms with E-state index in [0.29, 0.717) is 5.92 Å². The van der Waals surface area contributed by atoms with Crippen LogP contribution in [-0.4, -0.2) is 70.1 Å². The number of fused-ring (bicyclic) bond motifs is 1. The maximum atomic E-state index is 13.4. The van der Waals surface area contributed by atoms with Crippen LogP contribution >= 0.6 is 0 Å². The van der Waals surface area contributed by atoms with Crippen LogP contribution in [0.15, 0.2) is 59.5 Å². The van der Waals surface area contributed by atoms with Crippen molar-refractivity contribution in [2.24, 2.45) is 11.8 Å². The van der Waals surface area contributed by atoms with Gasteiger partial charge < -0.3 is 29.8 Å².